The minimum atomic E-state index is -2.08. The van der Waals surface area contributed by atoms with E-state index in [1.165, 1.54) is 19.2 Å². The van der Waals surface area contributed by atoms with Crippen molar-refractivity contribution >= 4 is 41.4 Å². The van der Waals surface area contributed by atoms with Gasteiger partial charge in [-0.05, 0) is 77.2 Å². The monoisotopic (exact) mass is 1010 g/mol. The van der Waals surface area contributed by atoms with Gasteiger partial charge in [-0.1, -0.05) is 129 Å². The number of carbonyl (C=O) groups is 5. The van der Waals surface area contributed by atoms with E-state index in [-0.39, 0.29) is 30.1 Å². The number of fused-ring (bicyclic) bond motifs is 3. The Kier molecular flexibility index (Phi) is 14.2. The van der Waals surface area contributed by atoms with Gasteiger partial charge in [0, 0.05) is 50.7 Å². The number of urea groups is 1. The first kappa shape index (κ1) is 50.2. The zero-order valence-electron chi connectivity index (χ0n) is 42.2. The molecule has 4 aliphatic rings. The van der Waals surface area contributed by atoms with Crippen LogP contribution in [-0.4, -0.2) is 119 Å². The lowest BCUT2D eigenvalue weighted by Crippen LogP contribution is -2.60. The number of methoxy groups -OCH3 is 1. The van der Waals surface area contributed by atoms with Crippen molar-refractivity contribution in [3.63, 3.8) is 0 Å². The SMILES string of the molecule is COC(=O)C(NC(=O)N1C(=O)C2(c3cc(C#CCN(C)Cc4ccccc4)ccc31)C(C(=O)N1CCN(c3ncccn3)CC1)C1C(=O)OC(c3ccccc3)C(c3ccccc3)N1C2c1ccc(O)cc1)C(C)C. The largest absolute Gasteiger partial charge is 0.508 e. The number of piperazine rings is 1. The molecule has 0 saturated carbocycles. The van der Waals surface area contributed by atoms with Crippen LogP contribution in [0.15, 0.2) is 152 Å². The zero-order chi connectivity index (χ0) is 52.4. The van der Waals surface area contributed by atoms with Crippen molar-refractivity contribution < 1.29 is 38.6 Å². The summed E-state index contributed by atoms with van der Waals surface area (Å²) >= 11 is 0. The number of aromatic hydroxyl groups is 1. The zero-order valence-corrected chi connectivity index (χ0v) is 42.2. The fourth-order valence-corrected chi connectivity index (χ4v) is 11.4. The molecule has 3 fully saturated rings. The van der Waals surface area contributed by atoms with Crippen LogP contribution in [0.25, 0.3) is 0 Å². The third-order valence-corrected chi connectivity index (χ3v) is 14.8. The summed E-state index contributed by atoms with van der Waals surface area (Å²) in [6.07, 6.45) is 2.37. The minimum absolute atomic E-state index is 0.0495. The summed E-state index contributed by atoms with van der Waals surface area (Å²) < 4.78 is 11.8. The van der Waals surface area contributed by atoms with Crippen molar-refractivity contribution in [3.05, 3.63) is 185 Å². The maximum atomic E-state index is 16.8. The van der Waals surface area contributed by atoms with Gasteiger partial charge < -0.3 is 29.7 Å². The summed E-state index contributed by atoms with van der Waals surface area (Å²) in [6, 6.07) is 36.7. The number of rotatable bonds is 11. The number of imide groups is 1. The maximum absolute atomic E-state index is 16.8. The van der Waals surface area contributed by atoms with Crippen LogP contribution in [0.4, 0.5) is 16.4 Å². The van der Waals surface area contributed by atoms with Crippen molar-refractivity contribution in [2.45, 2.75) is 56.1 Å². The number of ether oxygens (including phenoxy) is 2. The highest BCUT2D eigenvalue weighted by atomic mass is 16.6. The number of hydrogen-bond acceptors (Lipinski definition) is 13. The van der Waals surface area contributed by atoms with Crippen molar-refractivity contribution in [2.24, 2.45) is 11.8 Å². The summed E-state index contributed by atoms with van der Waals surface area (Å²) in [5, 5.41) is 13.7. The van der Waals surface area contributed by atoms with Gasteiger partial charge in [0.05, 0.1) is 37.3 Å². The van der Waals surface area contributed by atoms with Gasteiger partial charge >= 0.3 is 18.0 Å². The molecule has 4 aliphatic heterocycles. The molecule has 7 atom stereocenters. The number of aromatic nitrogens is 2. The van der Waals surface area contributed by atoms with Crippen molar-refractivity contribution in [3.8, 4) is 17.6 Å². The molecule has 7 unspecified atom stereocenters. The summed E-state index contributed by atoms with van der Waals surface area (Å²) in [4.78, 5) is 94.9. The molecule has 0 aliphatic carbocycles. The Balaban J connectivity index is 1.21. The van der Waals surface area contributed by atoms with E-state index in [4.69, 9.17) is 9.47 Å². The average Bonchev–Trinajstić information content (AvgIpc) is 4.03. The quantitative estimate of drug-likeness (QED) is 0.105. The fraction of sp³-hybridized carbons (Fsp3) is 0.305. The van der Waals surface area contributed by atoms with Crippen LogP contribution in [-0.2, 0) is 40.6 Å². The summed E-state index contributed by atoms with van der Waals surface area (Å²) in [6.45, 7) is 5.59. The predicted molar refractivity (Wildman–Crippen MR) is 280 cm³/mol. The molecule has 0 bridgehead atoms. The number of benzene rings is 5. The molecule has 5 heterocycles. The highest BCUT2D eigenvalue weighted by Crippen LogP contribution is 2.66. The molecule has 382 valence electrons. The van der Waals surface area contributed by atoms with E-state index in [0.717, 1.165) is 16.0 Å². The number of hydrogen-bond donors (Lipinski definition) is 2. The van der Waals surface area contributed by atoms with E-state index in [1.807, 2.05) is 108 Å². The summed E-state index contributed by atoms with van der Waals surface area (Å²) in [5.41, 5.74) is 1.87. The van der Waals surface area contributed by atoms with Crippen LogP contribution in [0.3, 0.4) is 0 Å². The number of carbonyl (C=O) groups excluding carboxylic acids is 5. The third kappa shape index (κ3) is 9.34. The second kappa shape index (κ2) is 21.2. The number of anilines is 2. The van der Waals surface area contributed by atoms with Gasteiger partial charge in [0.2, 0.25) is 17.8 Å². The molecule has 16 nitrogen and oxygen atoms in total. The van der Waals surface area contributed by atoms with Gasteiger partial charge in [-0.25, -0.2) is 24.5 Å². The topological polar surface area (TPSA) is 178 Å². The van der Waals surface area contributed by atoms with Gasteiger partial charge in [0.1, 0.15) is 29.4 Å². The van der Waals surface area contributed by atoms with Crippen LogP contribution in [0.1, 0.15) is 65.4 Å². The second-order valence-corrected chi connectivity index (χ2v) is 19.7. The highest BCUT2D eigenvalue weighted by molar-refractivity contribution is 6.25. The van der Waals surface area contributed by atoms with Crippen molar-refractivity contribution in [1.29, 1.82) is 0 Å². The van der Waals surface area contributed by atoms with Crippen LogP contribution in [0.5, 0.6) is 5.75 Å². The Morgan fingerprint density at radius 2 is 1.45 bits per heavy atom. The highest BCUT2D eigenvalue weighted by Gasteiger charge is 2.76. The number of esters is 2. The molecule has 10 rings (SSSR count). The first-order chi connectivity index (χ1) is 36.4. The number of phenolic OH excluding ortho intramolecular Hbond substituents is 1. The van der Waals surface area contributed by atoms with Crippen molar-refractivity contribution in [2.75, 3.05) is 56.7 Å². The average molecular weight is 1010 g/mol. The summed E-state index contributed by atoms with van der Waals surface area (Å²) in [7, 11) is 3.19. The molecule has 1 aromatic heterocycles. The molecule has 75 heavy (non-hydrogen) atoms. The lowest BCUT2D eigenvalue weighted by atomic mass is 9.64. The minimum Gasteiger partial charge on any atom is -0.508 e. The molecule has 3 saturated heterocycles. The molecule has 2 N–H and O–H groups in total. The van der Waals surface area contributed by atoms with Gasteiger partial charge in [-0.15, -0.1) is 0 Å². The number of cyclic esters (lactones) is 1. The maximum Gasteiger partial charge on any atom is 0.329 e. The molecule has 1 spiro atoms. The molecule has 16 heteroatoms. The molecule has 4 amide bonds. The third-order valence-electron chi connectivity index (χ3n) is 14.8. The van der Waals surface area contributed by atoms with E-state index in [0.29, 0.717) is 48.8 Å². The van der Waals surface area contributed by atoms with Gasteiger partial charge in [-0.3, -0.25) is 24.2 Å². The normalized spacial score (nSPS) is 22.5. The first-order valence-electron chi connectivity index (χ1n) is 25.2. The van der Waals surface area contributed by atoms with Crippen LogP contribution >= 0.6 is 0 Å². The number of nitrogens with zero attached hydrogens (tertiary/aromatic N) is 7. The molecule has 0 radical (unpaired) electrons. The molecule has 6 aromatic rings. The lowest BCUT2D eigenvalue weighted by molar-refractivity contribution is -0.179. The van der Waals surface area contributed by atoms with Crippen LogP contribution in [0.2, 0.25) is 0 Å². The Bertz CT molecular complexity index is 3130. The number of morpholine rings is 1. The molecular formula is C59H58N8O8. The second-order valence-electron chi connectivity index (χ2n) is 19.7. The number of amides is 4. The van der Waals surface area contributed by atoms with Crippen LogP contribution in [0, 0.1) is 23.7 Å². The van der Waals surface area contributed by atoms with E-state index >= 15 is 19.2 Å². The van der Waals surface area contributed by atoms with Crippen LogP contribution < -0.4 is 15.1 Å². The van der Waals surface area contributed by atoms with Crippen molar-refractivity contribution in [1.82, 2.24) is 30.0 Å². The van der Waals surface area contributed by atoms with E-state index < -0.39 is 77.3 Å². The van der Waals surface area contributed by atoms with E-state index in [1.54, 1.807) is 67.5 Å². The fourth-order valence-electron chi connectivity index (χ4n) is 11.4. The number of phenols is 1. The first-order valence-corrected chi connectivity index (χ1v) is 25.2. The Labute approximate surface area is 435 Å². The molecular weight excluding hydrogens is 949 g/mol. The van der Waals surface area contributed by atoms with Gasteiger partial charge in [0.15, 0.2) is 0 Å². The van der Waals surface area contributed by atoms with Gasteiger partial charge in [-0.2, -0.15) is 0 Å². The van der Waals surface area contributed by atoms with E-state index in [9.17, 15) is 9.90 Å². The van der Waals surface area contributed by atoms with E-state index in [2.05, 4.69) is 32.0 Å². The van der Waals surface area contributed by atoms with Gasteiger partial charge in [0.25, 0.3) is 0 Å². The standard InChI is InChI=1S/C59H58N8O8/c1-38(2)48(54(70)74-4)62-58(73)66-46-28-23-39(18-14-31-63(3)37-40-16-8-5-9-17-40)36-45(46)59(56(66)72)47(53(69)64-32-34-65(35-33-64)57-60-29-15-30-61-57)50-55(71)75-51(42-21-12-7-13-22-42)49(41-19-10-6-11-20-41)67(50)52(59)43-24-26-44(68)27-25-43/h5-13,15-17,19-30,36,38,47-52,68H,31-35,37H2,1-4H3,(H,62,73). The number of nitrogens with one attached hydrogen (secondary N) is 1. The molecule has 5 aromatic carbocycles. The lowest BCUT2D eigenvalue weighted by Gasteiger charge is -2.46. The Morgan fingerprint density at radius 3 is 2.09 bits per heavy atom. The smallest absolute Gasteiger partial charge is 0.329 e. The predicted octanol–water partition coefficient (Wildman–Crippen LogP) is 6.59. The summed E-state index contributed by atoms with van der Waals surface area (Å²) in [5.74, 6) is 2.34. The Morgan fingerprint density at radius 1 is 0.813 bits per heavy atom. The Hall–Kier alpha value is -8.39.